The maximum absolute atomic E-state index is 4.34. The number of piperidine rings is 1. The Labute approximate surface area is 126 Å². The molecule has 1 atom stereocenters. The van der Waals surface area contributed by atoms with Crippen molar-refractivity contribution in [2.45, 2.75) is 32.7 Å². The van der Waals surface area contributed by atoms with Gasteiger partial charge in [0.05, 0.1) is 0 Å². The lowest BCUT2D eigenvalue weighted by atomic mass is 10.0. The summed E-state index contributed by atoms with van der Waals surface area (Å²) in [5.41, 5.74) is 3.70. The van der Waals surface area contributed by atoms with Crippen LogP contribution in [-0.4, -0.2) is 29.1 Å². The number of benzene rings is 1. The van der Waals surface area contributed by atoms with Crippen molar-refractivity contribution in [2.24, 2.45) is 0 Å². The Kier molecular flexibility index (Phi) is 4.04. The van der Waals surface area contributed by atoms with Crippen LogP contribution in [0, 0.1) is 13.8 Å². The highest BCUT2D eigenvalue weighted by molar-refractivity contribution is 5.48. The van der Waals surface area contributed by atoms with Crippen molar-refractivity contribution < 1.29 is 0 Å². The van der Waals surface area contributed by atoms with Gasteiger partial charge in [0, 0.05) is 37.2 Å². The first-order valence-electron chi connectivity index (χ1n) is 7.57. The molecule has 21 heavy (non-hydrogen) atoms. The Morgan fingerprint density at radius 1 is 1.05 bits per heavy atom. The van der Waals surface area contributed by atoms with Gasteiger partial charge >= 0.3 is 0 Å². The molecule has 4 nitrogen and oxygen atoms in total. The highest BCUT2D eigenvalue weighted by Gasteiger charge is 2.20. The molecule has 1 aliphatic heterocycles. The minimum absolute atomic E-state index is 0.405. The summed E-state index contributed by atoms with van der Waals surface area (Å²) in [6.07, 6.45) is 6.07. The van der Waals surface area contributed by atoms with Crippen LogP contribution in [0.25, 0.3) is 0 Å². The van der Waals surface area contributed by atoms with E-state index in [2.05, 4.69) is 51.4 Å². The topological polar surface area (TPSA) is 41.0 Å². The third-order valence-electron chi connectivity index (χ3n) is 3.93. The normalized spacial score (nSPS) is 18.6. The van der Waals surface area contributed by atoms with Crippen LogP contribution in [0.5, 0.6) is 0 Å². The molecule has 0 spiro atoms. The van der Waals surface area contributed by atoms with Crippen LogP contribution in [0.2, 0.25) is 0 Å². The van der Waals surface area contributed by atoms with Gasteiger partial charge < -0.3 is 10.2 Å². The summed E-state index contributed by atoms with van der Waals surface area (Å²) in [5.74, 6) is 0.733. The van der Waals surface area contributed by atoms with Crippen molar-refractivity contribution in [2.75, 3.05) is 23.3 Å². The third-order valence-corrected chi connectivity index (χ3v) is 3.93. The summed E-state index contributed by atoms with van der Waals surface area (Å²) >= 11 is 0. The summed E-state index contributed by atoms with van der Waals surface area (Å²) in [6, 6.07) is 9.17. The molecule has 0 saturated carbocycles. The summed E-state index contributed by atoms with van der Waals surface area (Å²) in [5, 5.41) is 3.46. The molecule has 2 aromatic rings. The fourth-order valence-electron chi connectivity index (χ4n) is 2.73. The van der Waals surface area contributed by atoms with E-state index in [0.717, 1.165) is 24.6 Å². The number of rotatable bonds is 3. The largest absolute Gasteiger partial charge is 0.369 e. The van der Waals surface area contributed by atoms with Crippen LogP contribution >= 0.6 is 0 Å². The van der Waals surface area contributed by atoms with E-state index in [-0.39, 0.29) is 0 Å². The van der Waals surface area contributed by atoms with Crippen LogP contribution < -0.4 is 10.2 Å². The molecule has 0 radical (unpaired) electrons. The Hall–Kier alpha value is -2.10. The van der Waals surface area contributed by atoms with Crippen molar-refractivity contribution in [3.05, 3.63) is 47.8 Å². The van der Waals surface area contributed by atoms with Gasteiger partial charge in [0.2, 0.25) is 5.95 Å². The standard InChI is InChI=1S/C17H22N4/c1-13-5-7-16(8-6-13)21-9-3-4-15(12-21)20-17-18-10-14(2)11-19-17/h5-8,10-11,15H,3-4,9,12H2,1-2H3,(H,18,19,20). The SMILES string of the molecule is Cc1ccc(N2CCCC(Nc3ncc(C)cn3)C2)cc1. The minimum Gasteiger partial charge on any atom is -0.369 e. The molecule has 3 rings (SSSR count). The molecule has 1 aromatic carbocycles. The maximum atomic E-state index is 4.34. The second kappa shape index (κ2) is 6.12. The first-order chi connectivity index (χ1) is 10.2. The highest BCUT2D eigenvalue weighted by atomic mass is 15.2. The molecule has 1 aromatic heterocycles. The molecule has 0 aliphatic carbocycles. The van der Waals surface area contributed by atoms with Crippen LogP contribution in [0.1, 0.15) is 24.0 Å². The van der Waals surface area contributed by atoms with E-state index in [0.29, 0.717) is 6.04 Å². The summed E-state index contributed by atoms with van der Waals surface area (Å²) in [7, 11) is 0. The maximum Gasteiger partial charge on any atom is 0.222 e. The van der Waals surface area contributed by atoms with E-state index in [1.54, 1.807) is 0 Å². The van der Waals surface area contributed by atoms with Gasteiger partial charge in [0.25, 0.3) is 0 Å². The van der Waals surface area contributed by atoms with Crippen molar-refractivity contribution in [1.82, 2.24) is 9.97 Å². The van der Waals surface area contributed by atoms with Gasteiger partial charge in [-0.3, -0.25) is 0 Å². The Morgan fingerprint density at radius 3 is 2.48 bits per heavy atom. The third kappa shape index (κ3) is 3.51. The van der Waals surface area contributed by atoms with Crippen molar-refractivity contribution >= 4 is 11.6 Å². The van der Waals surface area contributed by atoms with Gasteiger partial charge in [0.1, 0.15) is 0 Å². The summed E-state index contributed by atoms with van der Waals surface area (Å²) in [4.78, 5) is 11.1. The van der Waals surface area contributed by atoms with E-state index in [4.69, 9.17) is 0 Å². The van der Waals surface area contributed by atoms with Gasteiger partial charge in [-0.2, -0.15) is 0 Å². The van der Waals surface area contributed by atoms with Gasteiger partial charge in [-0.05, 0) is 44.4 Å². The number of aromatic nitrogens is 2. The van der Waals surface area contributed by atoms with E-state index < -0.39 is 0 Å². The predicted molar refractivity (Wildman–Crippen MR) is 86.8 cm³/mol. The molecule has 1 N–H and O–H groups in total. The van der Waals surface area contributed by atoms with Gasteiger partial charge in [-0.15, -0.1) is 0 Å². The molecule has 2 heterocycles. The molecule has 1 saturated heterocycles. The summed E-state index contributed by atoms with van der Waals surface area (Å²) < 4.78 is 0. The number of hydrogen-bond acceptors (Lipinski definition) is 4. The van der Waals surface area contributed by atoms with E-state index in [1.807, 2.05) is 19.3 Å². The zero-order chi connectivity index (χ0) is 14.7. The quantitative estimate of drug-likeness (QED) is 0.939. The summed E-state index contributed by atoms with van der Waals surface area (Å²) in [6.45, 7) is 6.25. The molecule has 4 heteroatoms. The van der Waals surface area contributed by atoms with E-state index >= 15 is 0 Å². The van der Waals surface area contributed by atoms with Crippen molar-refractivity contribution in [1.29, 1.82) is 0 Å². The first kappa shape index (κ1) is 13.9. The molecule has 0 bridgehead atoms. The molecule has 110 valence electrons. The van der Waals surface area contributed by atoms with Crippen LogP contribution in [-0.2, 0) is 0 Å². The number of nitrogens with zero attached hydrogens (tertiary/aromatic N) is 3. The van der Waals surface area contributed by atoms with Gasteiger partial charge in [0.15, 0.2) is 0 Å². The van der Waals surface area contributed by atoms with Gasteiger partial charge in [-0.25, -0.2) is 9.97 Å². The Balaban J connectivity index is 1.65. The molecule has 0 amide bonds. The van der Waals surface area contributed by atoms with Crippen molar-refractivity contribution in [3.63, 3.8) is 0 Å². The monoisotopic (exact) mass is 282 g/mol. The molecular formula is C17H22N4. The van der Waals surface area contributed by atoms with E-state index in [9.17, 15) is 0 Å². The minimum atomic E-state index is 0.405. The fourth-order valence-corrected chi connectivity index (χ4v) is 2.73. The average molecular weight is 282 g/mol. The number of anilines is 2. The Morgan fingerprint density at radius 2 is 1.76 bits per heavy atom. The molecular weight excluding hydrogens is 260 g/mol. The predicted octanol–water partition coefficient (Wildman–Crippen LogP) is 3.17. The lowest BCUT2D eigenvalue weighted by Gasteiger charge is -2.34. The van der Waals surface area contributed by atoms with Crippen LogP contribution in [0.3, 0.4) is 0 Å². The van der Waals surface area contributed by atoms with Crippen LogP contribution in [0.15, 0.2) is 36.7 Å². The smallest absolute Gasteiger partial charge is 0.222 e. The van der Waals surface area contributed by atoms with Gasteiger partial charge in [-0.1, -0.05) is 17.7 Å². The highest BCUT2D eigenvalue weighted by Crippen LogP contribution is 2.21. The lowest BCUT2D eigenvalue weighted by Crippen LogP contribution is -2.42. The zero-order valence-electron chi connectivity index (χ0n) is 12.7. The molecule has 1 aliphatic rings. The van der Waals surface area contributed by atoms with E-state index in [1.165, 1.54) is 24.1 Å². The zero-order valence-corrected chi connectivity index (χ0v) is 12.7. The number of nitrogens with one attached hydrogen (secondary N) is 1. The number of aryl methyl sites for hydroxylation is 2. The second-order valence-electron chi connectivity index (χ2n) is 5.85. The Bertz CT molecular complexity index is 577. The second-order valence-corrected chi connectivity index (χ2v) is 5.85. The number of hydrogen-bond donors (Lipinski definition) is 1. The molecule has 1 unspecified atom stereocenters. The van der Waals surface area contributed by atoms with Crippen LogP contribution in [0.4, 0.5) is 11.6 Å². The fraction of sp³-hybridized carbons (Fsp3) is 0.412. The lowest BCUT2D eigenvalue weighted by molar-refractivity contribution is 0.527. The van der Waals surface area contributed by atoms with Crippen molar-refractivity contribution in [3.8, 4) is 0 Å². The molecule has 1 fully saturated rings. The average Bonchev–Trinajstić information content (AvgIpc) is 2.51. The first-order valence-corrected chi connectivity index (χ1v) is 7.57.